The molecular formula is C12H20N2O. The first kappa shape index (κ1) is 10.7. The highest BCUT2D eigenvalue weighted by Gasteiger charge is 2.31. The van der Waals surface area contributed by atoms with E-state index in [2.05, 4.69) is 18.7 Å². The summed E-state index contributed by atoms with van der Waals surface area (Å²) in [5.74, 6) is 1.54. The van der Waals surface area contributed by atoms with Crippen LogP contribution in [0.1, 0.15) is 25.5 Å². The number of rotatable bonds is 3. The highest BCUT2D eigenvalue weighted by atomic mass is 16.3. The van der Waals surface area contributed by atoms with Gasteiger partial charge in [0.05, 0.1) is 18.6 Å². The lowest BCUT2D eigenvalue weighted by atomic mass is 10.0. The first-order valence-corrected chi connectivity index (χ1v) is 5.68. The van der Waals surface area contributed by atoms with E-state index in [1.807, 2.05) is 12.3 Å². The fourth-order valence-electron chi connectivity index (χ4n) is 2.39. The van der Waals surface area contributed by atoms with Crippen LogP contribution in [0.25, 0.3) is 0 Å². The number of nitrogens with zero attached hydrogens (tertiary/aromatic N) is 1. The van der Waals surface area contributed by atoms with E-state index in [1.54, 1.807) is 6.26 Å². The van der Waals surface area contributed by atoms with Crippen molar-refractivity contribution < 1.29 is 4.42 Å². The maximum Gasteiger partial charge on any atom is 0.0950 e. The van der Waals surface area contributed by atoms with E-state index < -0.39 is 0 Å². The molecule has 0 amide bonds. The van der Waals surface area contributed by atoms with Gasteiger partial charge in [0.15, 0.2) is 0 Å². The minimum absolute atomic E-state index is 0.330. The van der Waals surface area contributed by atoms with Crippen molar-refractivity contribution in [3.63, 3.8) is 0 Å². The minimum Gasteiger partial charge on any atom is -0.472 e. The van der Waals surface area contributed by atoms with Crippen molar-refractivity contribution in [2.75, 3.05) is 19.6 Å². The molecule has 2 rings (SSSR count). The fourth-order valence-corrected chi connectivity index (χ4v) is 2.39. The molecular weight excluding hydrogens is 188 g/mol. The molecule has 1 aromatic heterocycles. The summed E-state index contributed by atoms with van der Waals surface area (Å²) in [6.45, 7) is 7.59. The van der Waals surface area contributed by atoms with Crippen molar-refractivity contribution in [2.24, 2.45) is 17.6 Å². The second-order valence-electron chi connectivity index (χ2n) is 4.72. The molecule has 3 unspecified atom stereocenters. The Morgan fingerprint density at radius 3 is 2.60 bits per heavy atom. The average Bonchev–Trinajstić information content (AvgIpc) is 2.80. The van der Waals surface area contributed by atoms with Crippen LogP contribution in [0.5, 0.6) is 0 Å². The van der Waals surface area contributed by atoms with Crippen molar-refractivity contribution in [1.82, 2.24) is 4.90 Å². The number of furan rings is 1. The van der Waals surface area contributed by atoms with Gasteiger partial charge in [0.2, 0.25) is 0 Å². The zero-order valence-corrected chi connectivity index (χ0v) is 9.52. The Labute approximate surface area is 91.2 Å². The van der Waals surface area contributed by atoms with Gasteiger partial charge in [-0.05, 0) is 17.9 Å². The highest BCUT2D eigenvalue weighted by Crippen LogP contribution is 2.30. The van der Waals surface area contributed by atoms with Gasteiger partial charge < -0.3 is 10.2 Å². The topological polar surface area (TPSA) is 42.4 Å². The Morgan fingerprint density at radius 2 is 2.13 bits per heavy atom. The monoisotopic (exact) mass is 208 g/mol. The molecule has 15 heavy (non-hydrogen) atoms. The fraction of sp³-hybridized carbons (Fsp3) is 0.667. The Balaban J connectivity index is 2.08. The van der Waals surface area contributed by atoms with Crippen molar-refractivity contribution in [2.45, 2.75) is 19.9 Å². The zero-order chi connectivity index (χ0) is 10.8. The SMILES string of the molecule is CC1CN(C(CN)c2ccoc2)CC1C. The molecule has 2 N–H and O–H groups in total. The molecule has 0 aromatic carbocycles. The molecule has 3 nitrogen and oxygen atoms in total. The Kier molecular flexibility index (Phi) is 3.12. The molecule has 0 bridgehead atoms. The van der Waals surface area contributed by atoms with Gasteiger partial charge in [0, 0.05) is 25.2 Å². The lowest BCUT2D eigenvalue weighted by Crippen LogP contribution is -2.31. The number of hydrogen-bond donors (Lipinski definition) is 1. The molecule has 2 heterocycles. The van der Waals surface area contributed by atoms with E-state index in [4.69, 9.17) is 10.2 Å². The van der Waals surface area contributed by atoms with Crippen LogP contribution < -0.4 is 5.73 Å². The first-order valence-electron chi connectivity index (χ1n) is 5.68. The van der Waals surface area contributed by atoms with E-state index in [0.717, 1.165) is 24.9 Å². The molecule has 0 saturated carbocycles. The quantitative estimate of drug-likeness (QED) is 0.824. The summed E-state index contributed by atoms with van der Waals surface area (Å²) in [6, 6.07) is 2.35. The van der Waals surface area contributed by atoms with Gasteiger partial charge in [-0.2, -0.15) is 0 Å². The number of hydrogen-bond acceptors (Lipinski definition) is 3. The lowest BCUT2D eigenvalue weighted by Gasteiger charge is -2.25. The van der Waals surface area contributed by atoms with Gasteiger partial charge in [-0.3, -0.25) is 4.90 Å². The van der Waals surface area contributed by atoms with Crippen LogP contribution in [0, 0.1) is 11.8 Å². The number of likely N-dealkylation sites (tertiary alicyclic amines) is 1. The Hall–Kier alpha value is -0.800. The molecule has 1 fully saturated rings. The van der Waals surface area contributed by atoms with Gasteiger partial charge >= 0.3 is 0 Å². The maximum atomic E-state index is 5.85. The highest BCUT2D eigenvalue weighted by molar-refractivity contribution is 5.13. The molecule has 1 aromatic rings. The van der Waals surface area contributed by atoms with Gasteiger partial charge in [-0.15, -0.1) is 0 Å². The third-order valence-electron chi connectivity index (χ3n) is 3.61. The lowest BCUT2D eigenvalue weighted by molar-refractivity contribution is 0.239. The maximum absolute atomic E-state index is 5.85. The second-order valence-corrected chi connectivity index (χ2v) is 4.72. The summed E-state index contributed by atoms with van der Waals surface area (Å²) in [7, 11) is 0. The molecule has 3 atom stereocenters. The average molecular weight is 208 g/mol. The van der Waals surface area contributed by atoms with Gasteiger partial charge in [-0.1, -0.05) is 13.8 Å². The molecule has 1 saturated heterocycles. The van der Waals surface area contributed by atoms with Gasteiger partial charge in [0.25, 0.3) is 0 Å². The van der Waals surface area contributed by atoms with Crippen LogP contribution in [0.3, 0.4) is 0 Å². The third kappa shape index (κ3) is 2.08. The Bertz CT molecular complexity index is 287. The summed E-state index contributed by atoms with van der Waals surface area (Å²) in [5.41, 5.74) is 7.06. The van der Waals surface area contributed by atoms with Crippen molar-refractivity contribution in [3.05, 3.63) is 24.2 Å². The summed E-state index contributed by atoms with van der Waals surface area (Å²) in [4.78, 5) is 2.47. The molecule has 0 radical (unpaired) electrons. The van der Waals surface area contributed by atoms with Crippen LogP contribution >= 0.6 is 0 Å². The molecule has 0 aliphatic carbocycles. The predicted octanol–water partition coefficient (Wildman–Crippen LogP) is 1.87. The molecule has 3 heteroatoms. The Morgan fingerprint density at radius 1 is 1.47 bits per heavy atom. The summed E-state index contributed by atoms with van der Waals surface area (Å²) in [5, 5.41) is 0. The second kappa shape index (κ2) is 4.37. The largest absolute Gasteiger partial charge is 0.472 e. The van der Waals surface area contributed by atoms with Crippen LogP contribution in [0.15, 0.2) is 23.0 Å². The standard InChI is InChI=1S/C12H20N2O/c1-9-6-14(7-10(9)2)12(5-13)11-3-4-15-8-11/h3-4,8-10,12H,5-7,13H2,1-2H3. The van der Waals surface area contributed by atoms with E-state index in [9.17, 15) is 0 Å². The number of nitrogens with two attached hydrogens (primary N) is 1. The molecule has 0 spiro atoms. The predicted molar refractivity (Wildman–Crippen MR) is 60.4 cm³/mol. The first-order chi connectivity index (χ1) is 7.22. The van der Waals surface area contributed by atoms with Gasteiger partial charge in [0.1, 0.15) is 0 Å². The van der Waals surface area contributed by atoms with Crippen molar-refractivity contribution >= 4 is 0 Å². The van der Waals surface area contributed by atoms with Crippen LogP contribution in [-0.2, 0) is 0 Å². The van der Waals surface area contributed by atoms with E-state index in [-0.39, 0.29) is 0 Å². The van der Waals surface area contributed by atoms with Crippen molar-refractivity contribution in [3.8, 4) is 0 Å². The zero-order valence-electron chi connectivity index (χ0n) is 9.52. The molecule has 84 valence electrons. The summed E-state index contributed by atoms with van der Waals surface area (Å²) in [6.07, 6.45) is 3.53. The molecule has 1 aliphatic rings. The van der Waals surface area contributed by atoms with Crippen LogP contribution in [0.4, 0.5) is 0 Å². The van der Waals surface area contributed by atoms with Crippen LogP contribution in [-0.4, -0.2) is 24.5 Å². The third-order valence-corrected chi connectivity index (χ3v) is 3.61. The van der Waals surface area contributed by atoms with E-state index in [1.165, 1.54) is 5.56 Å². The minimum atomic E-state index is 0.330. The van der Waals surface area contributed by atoms with Crippen molar-refractivity contribution in [1.29, 1.82) is 0 Å². The smallest absolute Gasteiger partial charge is 0.0950 e. The van der Waals surface area contributed by atoms with E-state index in [0.29, 0.717) is 12.6 Å². The summed E-state index contributed by atoms with van der Waals surface area (Å²) >= 11 is 0. The molecule has 1 aliphatic heterocycles. The van der Waals surface area contributed by atoms with Crippen LogP contribution in [0.2, 0.25) is 0 Å². The normalized spacial score (nSPS) is 29.5. The van der Waals surface area contributed by atoms with E-state index >= 15 is 0 Å². The summed E-state index contributed by atoms with van der Waals surface area (Å²) < 4.78 is 5.13. The van der Waals surface area contributed by atoms with Gasteiger partial charge in [-0.25, -0.2) is 0 Å².